The largest absolute Gasteiger partial charge is 0.107 e. The van der Waals surface area contributed by atoms with E-state index in [1.54, 1.807) is 0 Å². The van der Waals surface area contributed by atoms with Crippen LogP contribution in [0.3, 0.4) is 0 Å². The molecule has 0 N–H and O–H groups in total. The van der Waals surface area contributed by atoms with Gasteiger partial charge < -0.3 is 0 Å². The Bertz CT molecular complexity index is 84.1. The van der Waals surface area contributed by atoms with E-state index in [0.29, 0.717) is 4.83 Å². The maximum atomic E-state index is 3.37. The molecule has 0 aromatic heterocycles. The number of rotatable bonds is 1. The number of hydrogen-bond donors (Lipinski definition) is 0. The van der Waals surface area contributed by atoms with E-state index in [-0.39, 0.29) is 0 Å². The van der Waals surface area contributed by atoms with Crippen LogP contribution in [0.5, 0.6) is 0 Å². The first kappa shape index (κ1) is 7.04. The van der Waals surface area contributed by atoms with Crippen LogP contribution in [0.15, 0.2) is 0 Å². The van der Waals surface area contributed by atoms with Crippen LogP contribution < -0.4 is 0 Å². The second-order valence-electron chi connectivity index (χ2n) is 1.41. The first-order valence-corrected chi connectivity index (χ1v) is 3.22. The maximum absolute atomic E-state index is 3.37. The maximum Gasteiger partial charge on any atom is 0.0226 e. The molecule has 0 aromatic rings. The zero-order valence-electron chi connectivity index (χ0n) is 4.66. The molecule has 0 saturated heterocycles. The van der Waals surface area contributed by atoms with Crippen molar-refractivity contribution in [1.82, 2.24) is 0 Å². The molecule has 0 saturated carbocycles. The summed E-state index contributed by atoms with van der Waals surface area (Å²) in [5, 5.41) is 0. The topological polar surface area (TPSA) is 0 Å². The number of hydrogen-bond acceptors (Lipinski definition) is 0. The molecule has 0 amide bonds. The number of halogens is 1. The molecule has 1 atom stereocenters. The Kier molecular flexibility index (Phi) is 4.23. The summed E-state index contributed by atoms with van der Waals surface area (Å²) in [5.74, 6) is 5.77. The van der Waals surface area contributed by atoms with Crippen LogP contribution in [0.1, 0.15) is 20.3 Å². The van der Waals surface area contributed by atoms with Crippen molar-refractivity contribution in [2.24, 2.45) is 0 Å². The van der Waals surface area contributed by atoms with E-state index in [4.69, 9.17) is 0 Å². The SMILES string of the molecule is CC#CC[C@H](C)Br. The van der Waals surface area contributed by atoms with E-state index in [0.717, 1.165) is 6.42 Å². The molecule has 7 heavy (non-hydrogen) atoms. The first-order valence-electron chi connectivity index (χ1n) is 2.31. The lowest BCUT2D eigenvalue weighted by atomic mass is 10.3. The van der Waals surface area contributed by atoms with Gasteiger partial charge >= 0.3 is 0 Å². The Balaban J connectivity index is 3.08. The van der Waals surface area contributed by atoms with Crippen LogP contribution in [-0.2, 0) is 0 Å². The summed E-state index contributed by atoms with van der Waals surface area (Å²) in [6.07, 6.45) is 0.955. The monoisotopic (exact) mass is 160 g/mol. The average Bonchev–Trinajstić information content (AvgIpc) is 1.61. The summed E-state index contributed by atoms with van der Waals surface area (Å²) in [5.41, 5.74) is 0. The first-order chi connectivity index (χ1) is 3.27. The highest BCUT2D eigenvalue weighted by Gasteiger charge is 1.86. The minimum absolute atomic E-state index is 0.542. The molecule has 0 heterocycles. The van der Waals surface area contributed by atoms with Gasteiger partial charge in [0.25, 0.3) is 0 Å². The van der Waals surface area contributed by atoms with Crippen LogP contribution in [0.25, 0.3) is 0 Å². The van der Waals surface area contributed by atoms with Gasteiger partial charge in [-0.2, -0.15) is 0 Å². The molecule has 0 aliphatic rings. The number of alkyl halides is 1. The minimum Gasteiger partial charge on any atom is -0.107 e. The molecule has 0 aliphatic carbocycles. The van der Waals surface area contributed by atoms with Gasteiger partial charge in [-0.25, -0.2) is 0 Å². The van der Waals surface area contributed by atoms with Gasteiger partial charge in [-0.05, 0) is 6.92 Å². The lowest BCUT2D eigenvalue weighted by Gasteiger charge is -1.88. The van der Waals surface area contributed by atoms with Gasteiger partial charge in [-0.3, -0.25) is 0 Å². The zero-order chi connectivity index (χ0) is 5.70. The van der Waals surface area contributed by atoms with Crippen molar-refractivity contribution in [3.63, 3.8) is 0 Å². The Labute approximate surface area is 53.4 Å². The fourth-order valence-electron chi connectivity index (χ4n) is 0.243. The second kappa shape index (κ2) is 4.21. The fraction of sp³-hybridized carbons (Fsp3) is 0.667. The van der Waals surface area contributed by atoms with Gasteiger partial charge in [0.05, 0.1) is 0 Å². The quantitative estimate of drug-likeness (QED) is 0.408. The highest BCUT2D eigenvalue weighted by molar-refractivity contribution is 9.09. The Morgan fingerprint density at radius 2 is 2.29 bits per heavy atom. The molecule has 0 radical (unpaired) electrons. The van der Waals surface area contributed by atoms with E-state index in [1.807, 2.05) is 6.92 Å². The summed E-state index contributed by atoms with van der Waals surface area (Å²) >= 11 is 3.37. The molecule has 0 aromatic carbocycles. The van der Waals surface area contributed by atoms with Gasteiger partial charge in [-0.1, -0.05) is 22.9 Å². The summed E-state index contributed by atoms with van der Waals surface area (Å²) in [4.78, 5) is 0.542. The molecule has 0 aliphatic heterocycles. The summed E-state index contributed by atoms with van der Waals surface area (Å²) < 4.78 is 0. The molecular formula is C6H9Br. The highest BCUT2D eigenvalue weighted by Crippen LogP contribution is 1.99. The molecule has 0 bridgehead atoms. The van der Waals surface area contributed by atoms with E-state index < -0.39 is 0 Å². The molecule has 0 fully saturated rings. The van der Waals surface area contributed by atoms with Gasteiger partial charge in [0.2, 0.25) is 0 Å². The van der Waals surface area contributed by atoms with Crippen LogP contribution in [0, 0.1) is 11.8 Å². The third kappa shape index (κ3) is 6.04. The Morgan fingerprint density at radius 3 is 2.43 bits per heavy atom. The predicted octanol–water partition coefficient (Wildman–Crippen LogP) is 2.18. The lowest BCUT2D eigenvalue weighted by Crippen LogP contribution is -1.83. The van der Waals surface area contributed by atoms with Crippen molar-refractivity contribution in [3.8, 4) is 11.8 Å². The van der Waals surface area contributed by atoms with Crippen molar-refractivity contribution in [1.29, 1.82) is 0 Å². The second-order valence-corrected chi connectivity index (χ2v) is 2.97. The van der Waals surface area contributed by atoms with E-state index in [1.165, 1.54) is 0 Å². The van der Waals surface area contributed by atoms with Crippen molar-refractivity contribution >= 4 is 15.9 Å². The standard InChI is InChI=1S/C6H9Br/c1-3-4-5-6(2)7/h6H,5H2,1-2H3/t6-/m0/s1. The molecule has 0 rings (SSSR count). The average molecular weight is 161 g/mol. The van der Waals surface area contributed by atoms with Gasteiger partial charge in [-0.15, -0.1) is 11.8 Å². The normalized spacial score (nSPS) is 11.9. The molecule has 0 spiro atoms. The third-order valence-corrected chi connectivity index (χ3v) is 0.884. The molecule has 40 valence electrons. The van der Waals surface area contributed by atoms with Crippen molar-refractivity contribution < 1.29 is 0 Å². The van der Waals surface area contributed by atoms with Gasteiger partial charge in [0, 0.05) is 11.2 Å². The molecule has 1 heteroatoms. The molecular weight excluding hydrogens is 152 g/mol. The van der Waals surface area contributed by atoms with Crippen molar-refractivity contribution in [2.75, 3.05) is 0 Å². The Hall–Kier alpha value is 0.0400. The van der Waals surface area contributed by atoms with Gasteiger partial charge in [0.15, 0.2) is 0 Å². The lowest BCUT2D eigenvalue weighted by molar-refractivity contribution is 1.03. The summed E-state index contributed by atoms with van der Waals surface area (Å²) in [6.45, 7) is 3.94. The third-order valence-electron chi connectivity index (χ3n) is 0.560. The van der Waals surface area contributed by atoms with Gasteiger partial charge in [0.1, 0.15) is 0 Å². The van der Waals surface area contributed by atoms with Crippen LogP contribution >= 0.6 is 15.9 Å². The van der Waals surface area contributed by atoms with Crippen molar-refractivity contribution in [3.05, 3.63) is 0 Å². The Morgan fingerprint density at radius 1 is 1.71 bits per heavy atom. The smallest absolute Gasteiger partial charge is 0.0226 e. The summed E-state index contributed by atoms with van der Waals surface area (Å²) in [6, 6.07) is 0. The van der Waals surface area contributed by atoms with E-state index in [2.05, 4.69) is 34.7 Å². The van der Waals surface area contributed by atoms with E-state index >= 15 is 0 Å². The fourth-order valence-corrected chi connectivity index (χ4v) is 0.405. The highest BCUT2D eigenvalue weighted by atomic mass is 79.9. The van der Waals surface area contributed by atoms with E-state index in [9.17, 15) is 0 Å². The summed E-state index contributed by atoms with van der Waals surface area (Å²) in [7, 11) is 0. The van der Waals surface area contributed by atoms with Crippen LogP contribution in [-0.4, -0.2) is 4.83 Å². The van der Waals surface area contributed by atoms with Crippen LogP contribution in [0.4, 0.5) is 0 Å². The molecule has 0 nitrogen and oxygen atoms in total. The zero-order valence-corrected chi connectivity index (χ0v) is 6.25. The predicted molar refractivity (Wildman–Crippen MR) is 36.5 cm³/mol. The van der Waals surface area contributed by atoms with Crippen molar-refractivity contribution in [2.45, 2.75) is 25.1 Å². The minimum atomic E-state index is 0.542. The molecule has 0 unspecified atom stereocenters. The van der Waals surface area contributed by atoms with Crippen LogP contribution in [0.2, 0.25) is 0 Å².